The van der Waals surface area contributed by atoms with Crippen molar-refractivity contribution in [2.45, 2.75) is 46.1 Å². The second kappa shape index (κ2) is 9.26. The van der Waals surface area contributed by atoms with Gasteiger partial charge in [-0.05, 0) is 63.5 Å². The Morgan fingerprint density at radius 3 is 2.62 bits per heavy atom. The van der Waals surface area contributed by atoms with E-state index in [1.54, 1.807) is 0 Å². The van der Waals surface area contributed by atoms with Crippen molar-refractivity contribution in [2.24, 2.45) is 17.8 Å². The zero-order valence-electron chi connectivity index (χ0n) is 16.6. The van der Waals surface area contributed by atoms with E-state index >= 15 is 0 Å². The maximum atomic E-state index is 12.3. The van der Waals surface area contributed by atoms with Crippen LogP contribution in [0.4, 0.5) is 10.5 Å². The molecule has 0 spiro atoms. The van der Waals surface area contributed by atoms with Gasteiger partial charge in [-0.1, -0.05) is 25.1 Å². The van der Waals surface area contributed by atoms with Crippen LogP contribution < -0.4 is 5.32 Å². The molecule has 0 radical (unpaired) electrons. The number of nitrogens with one attached hydrogen (secondary N) is 1. The Balaban J connectivity index is 1.83. The summed E-state index contributed by atoms with van der Waals surface area (Å²) in [5.41, 5.74) is 0.644. The van der Waals surface area contributed by atoms with Gasteiger partial charge in [-0.2, -0.15) is 0 Å². The van der Waals surface area contributed by atoms with E-state index in [2.05, 4.69) is 24.4 Å². The molecule has 2 N–H and O–H groups in total. The Morgan fingerprint density at radius 1 is 1.35 bits per heavy atom. The number of ether oxygens (including phenoxy) is 1. The number of carbonyl (C=O) groups is 1. The molecule has 0 aromatic heterocycles. The number of amides is 1. The first-order chi connectivity index (χ1) is 12.3. The Bertz CT molecular complexity index is 556. The standard InChI is InChI=1S/C21H34N2O3/c1-16-14-23(20(25)26-21(2,3)4)13-11-19(16)17(15-24)10-12-22-18-8-6-5-7-9-18/h5-9,16-17,19,22,24H,10-15H2,1-4H3. The molecule has 0 saturated carbocycles. The van der Waals surface area contributed by atoms with Crippen LogP contribution in [0.15, 0.2) is 30.3 Å². The van der Waals surface area contributed by atoms with Crippen molar-refractivity contribution in [3.63, 3.8) is 0 Å². The number of aliphatic hydroxyl groups is 1. The fourth-order valence-corrected chi connectivity index (χ4v) is 3.76. The van der Waals surface area contributed by atoms with Crippen molar-refractivity contribution in [1.82, 2.24) is 4.90 Å². The molecule has 1 aromatic carbocycles. The molecular weight excluding hydrogens is 328 g/mol. The zero-order valence-corrected chi connectivity index (χ0v) is 16.6. The first-order valence-electron chi connectivity index (χ1n) is 9.68. The minimum Gasteiger partial charge on any atom is -0.444 e. The number of hydrogen-bond acceptors (Lipinski definition) is 4. The van der Waals surface area contributed by atoms with Crippen LogP contribution in [0.2, 0.25) is 0 Å². The van der Waals surface area contributed by atoms with Gasteiger partial charge < -0.3 is 20.1 Å². The third-order valence-electron chi connectivity index (χ3n) is 5.08. The second-order valence-corrected chi connectivity index (χ2v) is 8.38. The summed E-state index contributed by atoms with van der Waals surface area (Å²) in [4.78, 5) is 14.1. The highest BCUT2D eigenvalue weighted by atomic mass is 16.6. The van der Waals surface area contributed by atoms with E-state index in [0.29, 0.717) is 24.9 Å². The summed E-state index contributed by atoms with van der Waals surface area (Å²) in [6, 6.07) is 10.1. The Morgan fingerprint density at radius 2 is 2.04 bits per heavy atom. The van der Waals surface area contributed by atoms with Crippen molar-refractivity contribution in [2.75, 3.05) is 31.6 Å². The molecule has 146 valence electrons. The number of likely N-dealkylation sites (tertiary alicyclic amines) is 1. The predicted octanol–water partition coefficient (Wildman–Crippen LogP) is 3.99. The third kappa shape index (κ3) is 6.20. The lowest BCUT2D eigenvalue weighted by molar-refractivity contribution is 0.00297. The number of carbonyl (C=O) groups excluding carboxylic acids is 1. The molecule has 0 aliphatic carbocycles. The van der Waals surface area contributed by atoms with Crippen molar-refractivity contribution in [3.05, 3.63) is 30.3 Å². The van der Waals surface area contributed by atoms with Crippen LogP contribution >= 0.6 is 0 Å². The SMILES string of the molecule is CC1CN(C(=O)OC(C)(C)C)CCC1C(CO)CCNc1ccccc1. The molecule has 1 aliphatic heterocycles. The number of anilines is 1. The number of benzene rings is 1. The zero-order chi connectivity index (χ0) is 19.2. The summed E-state index contributed by atoms with van der Waals surface area (Å²) >= 11 is 0. The van der Waals surface area contributed by atoms with E-state index in [-0.39, 0.29) is 18.6 Å². The minimum atomic E-state index is -0.464. The van der Waals surface area contributed by atoms with E-state index in [1.165, 1.54) is 0 Å². The van der Waals surface area contributed by atoms with Crippen molar-refractivity contribution in [1.29, 1.82) is 0 Å². The first kappa shape index (κ1) is 20.6. The van der Waals surface area contributed by atoms with Gasteiger partial charge in [-0.25, -0.2) is 4.79 Å². The summed E-state index contributed by atoms with van der Waals surface area (Å²) in [6.07, 6.45) is 1.61. The minimum absolute atomic E-state index is 0.192. The third-order valence-corrected chi connectivity index (χ3v) is 5.08. The quantitative estimate of drug-likeness (QED) is 0.803. The monoisotopic (exact) mass is 362 g/mol. The number of para-hydroxylation sites is 1. The van der Waals surface area contributed by atoms with Crippen molar-refractivity contribution >= 4 is 11.8 Å². The highest BCUT2D eigenvalue weighted by Crippen LogP contribution is 2.32. The Hall–Kier alpha value is -1.75. The summed E-state index contributed by atoms with van der Waals surface area (Å²) in [6.45, 7) is 10.3. The number of aliphatic hydroxyl groups excluding tert-OH is 1. The molecule has 1 saturated heterocycles. The molecule has 1 fully saturated rings. The van der Waals surface area contributed by atoms with E-state index in [0.717, 1.165) is 25.1 Å². The fourth-order valence-electron chi connectivity index (χ4n) is 3.76. The first-order valence-corrected chi connectivity index (χ1v) is 9.68. The maximum absolute atomic E-state index is 12.3. The van der Waals surface area contributed by atoms with Gasteiger partial charge in [-0.15, -0.1) is 0 Å². The van der Waals surface area contributed by atoms with Gasteiger partial charge in [0.1, 0.15) is 5.60 Å². The van der Waals surface area contributed by atoms with Crippen LogP contribution in [-0.4, -0.2) is 47.9 Å². The van der Waals surface area contributed by atoms with E-state index in [9.17, 15) is 9.90 Å². The number of piperidine rings is 1. The summed E-state index contributed by atoms with van der Waals surface area (Å²) < 4.78 is 5.49. The summed E-state index contributed by atoms with van der Waals surface area (Å²) in [7, 11) is 0. The molecule has 1 aromatic rings. The average Bonchev–Trinajstić information content (AvgIpc) is 2.58. The molecule has 5 nitrogen and oxygen atoms in total. The average molecular weight is 363 g/mol. The van der Waals surface area contributed by atoms with Crippen LogP contribution in [-0.2, 0) is 4.74 Å². The lowest BCUT2D eigenvalue weighted by atomic mass is 9.76. The Labute approximate surface area is 157 Å². The number of hydrogen-bond donors (Lipinski definition) is 2. The van der Waals surface area contributed by atoms with E-state index in [1.807, 2.05) is 43.9 Å². The van der Waals surface area contributed by atoms with Gasteiger partial charge in [0.2, 0.25) is 0 Å². The molecular formula is C21H34N2O3. The molecule has 5 heteroatoms. The van der Waals surface area contributed by atoms with Gasteiger partial charge in [-0.3, -0.25) is 0 Å². The largest absolute Gasteiger partial charge is 0.444 e. The highest BCUT2D eigenvalue weighted by Gasteiger charge is 2.34. The lowest BCUT2D eigenvalue weighted by Gasteiger charge is -2.40. The molecule has 3 unspecified atom stereocenters. The topological polar surface area (TPSA) is 61.8 Å². The molecule has 1 aliphatic rings. The molecule has 0 bridgehead atoms. The van der Waals surface area contributed by atoms with Crippen molar-refractivity contribution < 1.29 is 14.6 Å². The number of nitrogens with zero attached hydrogens (tertiary/aromatic N) is 1. The molecule has 1 heterocycles. The smallest absolute Gasteiger partial charge is 0.410 e. The van der Waals surface area contributed by atoms with Gasteiger partial charge in [0.15, 0.2) is 0 Å². The van der Waals surface area contributed by atoms with Gasteiger partial charge >= 0.3 is 6.09 Å². The lowest BCUT2D eigenvalue weighted by Crippen LogP contribution is -2.47. The fraction of sp³-hybridized carbons (Fsp3) is 0.667. The van der Waals surface area contributed by atoms with Gasteiger partial charge in [0.25, 0.3) is 0 Å². The molecule has 2 rings (SSSR count). The van der Waals surface area contributed by atoms with E-state index < -0.39 is 5.60 Å². The number of rotatable bonds is 6. The molecule has 1 amide bonds. The Kier molecular flexibility index (Phi) is 7.33. The van der Waals surface area contributed by atoms with Gasteiger partial charge in [0, 0.05) is 31.9 Å². The van der Waals surface area contributed by atoms with Crippen molar-refractivity contribution in [3.8, 4) is 0 Å². The van der Waals surface area contributed by atoms with E-state index in [4.69, 9.17) is 4.74 Å². The van der Waals surface area contributed by atoms with Crippen LogP contribution in [0.1, 0.15) is 40.5 Å². The van der Waals surface area contributed by atoms with Crippen LogP contribution in [0.25, 0.3) is 0 Å². The molecule has 3 atom stereocenters. The van der Waals surface area contributed by atoms with Gasteiger partial charge in [0.05, 0.1) is 0 Å². The summed E-state index contributed by atoms with van der Waals surface area (Å²) in [5.74, 6) is 1.03. The maximum Gasteiger partial charge on any atom is 0.410 e. The normalized spacial score (nSPS) is 22.0. The highest BCUT2D eigenvalue weighted by molar-refractivity contribution is 5.68. The predicted molar refractivity (Wildman–Crippen MR) is 105 cm³/mol. The molecule has 26 heavy (non-hydrogen) atoms. The van der Waals surface area contributed by atoms with Crippen LogP contribution in [0.5, 0.6) is 0 Å². The van der Waals surface area contributed by atoms with Crippen LogP contribution in [0.3, 0.4) is 0 Å². The second-order valence-electron chi connectivity index (χ2n) is 8.38. The summed E-state index contributed by atoms with van der Waals surface area (Å²) in [5, 5.41) is 13.3. The van der Waals surface area contributed by atoms with Crippen LogP contribution in [0, 0.1) is 17.8 Å².